The number of nitrogens with zero attached hydrogens (tertiary/aromatic N) is 2. The minimum absolute atomic E-state index is 0. The molecule has 1 saturated carbocycles. The van der Waals surface area contributed by atoms with Crippen LogP contribution in [0.15, 0.2) is 35.8 Å². The van der Waals surface area contributed by atoms with E-state index in [2.05, 4.69) is 28.5 Å². The number of hydrogen-bond donors (Lipinski definition) is 0. The third kappa shape index (κ3) is 3.89. The van der Waals surface area contributed by atoms with Crippen LogP contribution in [-0.4, -0.2) is 35.2 Å². The lowest BCUT2D eigenvalue weighted by molar-refractivity contribution is -0.105. The van der Waals surface area contributed by atoms with Crippen LogP contribution in [0.4, 0.5) is 0 Å². The van der Waals surface area contributed by atoms with E-state index in [9.17, 15) is 0 Å². The number of rotatable bonds is 4. The van der Waals surface area contributed by atoms with Crippen LogP contribution in [0, 0.1) is 0 Å². The summed E-state index contributed by atoms with van der Waals surface area (Å²) < 4.78 is 6.39. The number of pyridine rings is 1. The van der Waals surface area contributed by atoms with Gasteiger partial charge >= 0.3 is 0 Å². The summed E-state index contributed by atoms with van der Waals surface area (Å²) in [5, 5.41) is 2.26. The van der Waals surface area contributed by atoms with E-state index in [1.165, 1.54) is 57.3 Å². The summed E-state index contributed by atoms with van der Waals surface area (Å²) in [6, 6.07) is 8.79. The smallest absolute Gasteiger partial charge is 0.0691 e. The van der Waals surface area contributed by atoms with Gasteiger partial charge in [0.05, 0.1) is 5.60 Å². The molecule has 28 heavy (non-hydrogen) atoms. The highest BCUT2D eigenvalue weighted by Gasteiger charge is 2.48. The molecule has 0 N–H and O–H groups in total. The van der Waals surface area contributed by atoms with Gasteiger partial charge in [0.25, 0.3) is 0 Å². The van der Waals surface area contributed by atoms with Gasteiger partial charge in [-0.1, -0.05) is 18.9 Å². The van der Waals surface area contributed by atoms with E-state index < -0.39 is 0 Å². The molecule has 2 aromatic heterocycles. The normalized spacial score (nSPS) is 26.7. The molecule has 2 aromatic rings. The van der Waals surface area contributed by atoms with Gasteiger partial charge < -0.3 is 4.74 Å². The topological polar surface area (TPSA) is 25.4 Å². The van der Waals surface area contributed by atoms with Crippen LogP contribution in [0.5, 0.6) is 0 Å². The zero-order valence-electron chi connectivity index (χ0n) is 16.6. The minimum Gasteiger partial charge on any atom is -0.375 e. The molecule has 0 bridgehead atoms. The van der Waals surface area contributed by atoms with Gasteiger partial charge in [0.15, 0.2) is 0 Å². The average Bonchev–Trinajstić information content (AvgIpc) is 3.36. The maximum absolute atomic E-state index is 6.39. The van der Waals surface area contributed by atoms with Crippen molar-refractivity contribution in [2.45, 2.75) is 68.9 Å². The van der Waals surface area contributed by atoms with E-state index in [1.807, 2.05) is 23.6 Å². The first-order valence-corrected chi connectivity index (χ1v) is 11.5. The molecule has 0 radical (unpaired) electrons. The second-order valence-electron chi connectivity index (χ2n) is 8.81. The summed E-state index contributed by atoms with van der Waals surface area (Å²) in [5.41, 5.74) is 3.18. The fourth-order valence-corrected chi connectivity index (χ4v) is 6.62. The number of fused-ring (bicyclic) bond motifs is 1. The Bertz CT molecular complexity index is 774. The molecule has 1 atom stereocenters. The fourth-order valence-electron chi connectivity index (χ4n) is 5.65. The van der Waals surface area contributed by atoms with Crippen molar-refractivity contribution in [1.29, 1.82) is 0 Å². The first-order chi connectivity index (χ1) is 13.3. The minimum atomic E-state index is 0. The molecule has 4 heterocycles. The number of aromatic nitrogens is 1. The van der Waals surface area contributed by atoms with E-state index >= 15 is 0 Å². The lowest BCUT2D eigenvalue weighted by Crippen LogP contribution is -2.48. The standard InChI is InChI=1S/C23H30N2OS.ClH/c1-4-12-24-21(5-1)22(11-15-26-23(18-22)8-2-3-9-23)10-14-25-13-6-19-7-16-27-20(19)17-25;/h1,4-5,7,12,16H,2-3,6,8-11,13-15,17-18H2;1H. The SMILES string of the molecule is Cl.c1ccc(C2(CCN3CCc4ccsc4C3)CCOC3(CCCC3)C2)nc1. The highest BCUT2D eigenvalue weighted by atomic mass is 35.5. The largest absolute Gasteiger partial charge is 0.375 e. The van der Waals surface area contributed by atoms with Crippen molar-refractivity contribution in [2.24, 2.45) is 0 Å². The number of ether oxygens (including phenoxy) is 1. The molecule has 5 rings (SSSR count). The predicted octanol–water partition coefficient (Wildman–Crippen LogP) is 5.37. The molecule has 1 unspecified atom stereocenters. The molecular weight excluding hydrogens is 388 g/mol. The Balaban J connectivity index is 0.00000192. The lowest BCUT2D eigenvalue weighted by atomic mass is 9.68. The molecule has 1 spiro atoms. The molecule has 3 aliphatic rings. The quantitative estimate of drug-likeness (QED) is 0.666. The van der Waals surface area contributed by atoms with Gasteiger partial charge in [-0.25, -0.2) is 0 Å². The average molecular weight is 419 g/mol. The Hall–Kier alpha value is -0.940. The van der Waals surface area contributed by atoms with Crippen LogP contribution in [0.25, 0.3) is 0 Å². The third-order valence-electron chi connectivity index (χ3n) is 7.18. The van der Waals surface area contributed by atoms with E-state index in [1.54, 1.807) is 10.4 Å². The Morgan fingerprint density at radius 3 is 2.86 bits per heavy atom. The number of halogens is 1. The first kappa shape index (κ1) is 20.3. The van der Waals surface area contributed by atoms with Crippen LogP contribution in [-0.2, 0) is 23.1 Å². The second-order valence-corrected chi connectivity index (χ2v) is 9.81. The van der Waals surface area contributed by atoms with Crippen molar-refractivity contribution >= 4 is 23.7 Å². The van der Waals surface area contributed by atoms with Crippen molar-refractivity contribution in [3.05, 3.63) is 52.0 Å². The Labute approximate surface area is 178 Å². The summed E-state index contributed by atoms with van der Waals surface area (Å²) in [4.78, 5) is 9.09. The molecule has 152 valence electrons. The van der Waals surface area contributed by atoms with Crippen molar-refractivity contribution < 1.29 is 4.74 Å². The van der Waals surface area contributed by atoms with Gasteiger partial charge in [-0.3, -0.25) is 9.88 Å². The van der Waals surface area contributed by atoms with Crippen LogP contribution in [0.3, 0.4) is 0 Å². The summed E-state index contributed by atoms with van der Waals surface area (Å²) in [6.07, 6.45) is 11.8. The summed E-state index contributed by atoms with van der Waals surface area (Å²) in [5.74, 6) is 0. The van der Waals surface area contributed by atoms with Crippen LogP contribution in [0.2, 0.25) is 0 Å². The zero-order chi connectivity index (χ0) is 18.2. The first-order valence-electron chi connectivity index (χ1n) is 10.6. The van der Waals surface area contributed by atoms with Crippen molar-refractivity contribution in [2.75, 3.05) is 19.7 Å². The van der Waals surface area contributed by atoms with E-state index in [-0.39, 0.29) is 23.4 Å². The van der Waals surface area contributed by atoms with Gasteiger partial charge in [0.2, 0.25) is 0 Å². The number of thiophene rings is 1. The van der Waals surface area contributed by atoms with Crippen LogP contribution < -0.4 is 0 Å². The van der Waals surface area contributed by atoms with Gasteiger partial charge in [-0.15, -0.1) is 23.7 Å². The lowest BCUT2D eigenvalue weighted by Gasteiger charge is -2.47. The molecule has 0 aromatic carbocycles. The maximum Gasteiger partial charge on any atom is 0.0691 e. The highest BCUT2D eigenvalue weighted by Crippen LogP contribution is 2.49. The Morgan fingerprint density at radius 2 is 2.04 bits per heavy atom. The zero-order valence-corrected chi connectivity index (χ0v) is 18.2. The third-order valence-corrected chi connectivity index (χ3v) is 8.13. The maximum atomic E-state index is 6.39. The number of hydrogen-bond acceptors (Lipinski definition) is 4. The molecule has 5 heteroatoms. The second kappa shape index (κ2) is 8.43. The van der Waals surface area contributed by atoms with Crippen molar-refractivity contribution in [1.82, 2.24) is 9.88 Å². The summed E-state index contributed by atoms with van der Waals surface area (Å²) in [7, 11) is 0. The molecular formula is C23H31ClN2OS. The Kier molecular flexibility index (Phi) is 6.12. The monoisotopic (exact) mass is 418 g/mol. The van der Waals surface area contributed by atoms with E-state index in [0.29, 0.717) is 0 Å². The molecule has 2 fully saturated rings. The van der Waals surface area contributed by atoms with E-state index in [4.69, 9.17) is 9.72 Å². The summed E-state index contributed by atoms with van der Waals surface area (Å²) >= 11 is 1.93. The predicted molar refractivity (Wildman–Crippen MR) is 117 cm³/mol. The van der Waals surface area contributed by atoms with Gasteiger partial charge in [0, 0.05) is 41.9 Å². The molecule has 3 nitrogen and oxygen atoms in total. The molecule has 0 amide bonds. The van der Waals surface area contributed by atoms with Crippen molar-refractivity contribution in [3.8, 4) is 0 Å². The molecule has 2 aliphatic heterocycles. The van der Waals surface area contributed by atoms with E-state index in [0.717, 1.165) is 26.0 Å². The molecule has 1 saturated heterocycles. The van der Waals surface area contributed by atoms with Crippen LogP contribution >= 0.6 is 23.7 Å². The Morgan fingerprint density at radius 1 is 1.14 bits per heavy atom. The fraction of sp³-hybridized carbons (Fsp3) is 0.609. The summed E-state index contributed by atoms with van der Waals surface area (Å²) in [6.45, 7) is 4.40. The van der Waals surface area contributed by atoms with Gasteiger partial charge in [0.1, 0.15) is 0 Å². The molecule has 1 aliphatic carbocycles. The van der Waals surface area contributed by atoms with Crippen LogP contribution in [0.1, 0.15) is 61.1 Å². The van der Waals surface area contributed by atoms with Gasteiger partial charge in [-0.05, 0) is 74.2 Å². The van der Waals surface area contributed by atoms with Gasteiger partial charge in [-0.2, -0.15) is 0 Å². The highest BCUT2D eigenvalue weighted by molar-refractivity contribution is 7.10. The van der Waals surface area contributed by atoms with Crippen molar-refractivity contribution in [3.63, 3.8) is 0 Å².